The van der Waals surface area contributed by atoms with E-state index in [-0.39, 0.29) is 24.2 Å². The third-order valence-corrected chi connectivity index (χ3v) is 5.75. The average Bonchev–Trinajstić information content (AvgIpc) is 3.30. The molecule has 27 heavy (non-hydrogen) atoms. The molecule has 2 heterocycles. The number of pyridine rings is 1. The van der Waals surface area contributed by atoms with Crippen LogP contribution in [0, 0.1) is 5.92 Å². The van der Waals surface area contributed by atoms with Crippen LogP contribution in [0.1, 0.15) is 62.5 Å². The van der Waals surface area contributed by atoms with Crippen molar-refractivity contribution in [3.05, 3.63) is 29.5 Å². The van der Waals surface area contributed by atoms with Gasteiger partial charge in [-0.05, 0) is 56.6 Å². The van der Waals surface area contributed by atoms with Crippen molar-refractivity contribution in [3.8, 4) is 0 Å². The van der Waals surface area contributed by atoms with Crippen molar-refractivity contribution in [2.75, 3.05) is 5.32 Å². The third-order valence-electron chi connectivity index (χ3n) is 5.75. The predicted octanol–water partition coefficient (Wildman–Crippen LogP) is 4.11. The van der Waals surface area contributed by atoms with Gasteiger partial charge in [0.05, 0.1) is 23.1 Å². The number of amides is 1. The molecule has 1 atom stereocenters. The third kappa shape index (κ3) is 3.54. The molecule has 146 valence electrons. The lowest BCUT2D eigenvalue weighted by Crippen LogP contribution is -2.33. The Labute approximate surface area is 154 Å². The van der Waals surface area contributed by atoms with E-state index in [0.29, 0.717) is 16.9 Å². The van der Waals surface area contributed by atoms with Crippen LogP contribution in [0.2, 0.25) is 0 Å². The Morgan fingerprint density at radius 2 is 2.04 bits per heavy atom. The Kier molecular flexibility index (Phi) is 4.21. The normalized spacial score (nSPS) is 20.3. The molecule has 2 aliphatic carbocycles. The molecule has 0 aromatic carbocycles. The van der Waals surface area contributed by atoms with Crippen LogP contribution >= 0.6 is 0 Å². The molecule has 0 spiro atoms. The van der Waals surface area contributed by atoms with Crippen molar-refractivity contribution in [1.29, 1.82) is 0 Å². The van der Waals surface area contributed by atoms with Gasteiger partial charge >= 0.3 is 6.18 Å². The van der Waals surface area contributed by atoms with E-state index in [0.717, 1.165) is 44.2 Å². The average molecular weight is 381 g/mol. The first-order valence-corrected chi connectivity index (χ1v) is 9.27. The zero-order valence-electron chi connectivity index (χ0n) is 15.0. The lowest BCUT2D eigenvalue weighted by molar-refractivity contribution is -0.137. The molecule has 2 aromatic rings. The lowest BCUT2D eigenvalue weighted by Gasteiger charge is -2.26. The van der Waals surface area contributed by atoms with E-state index < -0.39 is 17.3 Å². The van der Waals surface area contributed by atoms with Crippen molar-refractivity contribution in [2.24, 2.45) is 5.92 Å². The van der Waals surface area contributed by atoms with Crippen molar-refractivity contribution in [2.45, 2.75) is 63.1 Å². The fourth-order valence-electron chi connectivity index (χ4n) is 3.78. The molecule has 2 aromatic heterocycles. The monoisotopic (exact) mass is 381 g/mol. The number of fused-ring (bicyclic) bond motifs is 1. The number of aromatic nitrogens is 2. The molecule has 8 heteroatoms. The fraction of sp³-hybridized carbons (Fsp3) is 0.579. The summed E-state index contributed by atoms with van der Waals surface area (Å²) in [5.41, 5.74) is -0.765. The Bertz CT molecular complexity index is 880. The zero-order valence-corrected chi connectivity index (χ0v) is 15.0. The molecular weight excluding hydrogens is 359 g/mol. The highest BCUT2D eigenvalue weighted by molar-refractivity contribution is 5.92. The maximum atomic E-state index is 13.1. The molecule has 0 radical (unpaired) electrons. The molecule has 0 saturated heterocycles. The number of anilines is 1. The fourth-order valence-corrected chi connectivity index (χ4v) is 3.78. The van der Waals surface area contributed by atoms with Crippen molar-refractivity contribution in [3.63, 3.8) is 0 Å². The highest BCUT2D eigenvalue weighted by Crippen LogP contribution is 2.44. The van der Waals surface area contributed by atoms with Gasteiger partial charge in [0.15, 0.2) is 5.82 Å². The first-order chi connectivity index (χ1) is 12.6. The van der Waals surface area contributed by atoms with Crippen LogP contribution in [-0.2, 0) is 11.0 Å². The number of halogens is 3. The van der Waals surface area contributed by atoms with E-state index in [2.05, 4.69) is 10.4 Å². The molecular formula is C19H22F3N3O2. The summed E-state index contributed by atoms with van der Waals surface area (Å²) in [5, 5.41) is 17.4. The van der Waals surface area contributed by atoms with Crippen molar-refractivity contribution < 1.29 is 23.1 Å². The Morgan fingerprint density at radius 3 is 2.59 bits per heavy atom. The van der Waals surface area contributed by atoms with Gasteiger partial charge in [-0.15, -0.1) is 5.10 Å². The smallest absolute Gasteiger partial charge is 0.389 e. The molecule has 2 fully saturated rings. The molecule has 2 N–H and O–H groups in total. The minimum atomic E-state index is -4.44. The summed E-state index contributed by atoms with van der Waals surface area (Å²) in [6, 6.07) is 2.07. The number of rotatable bonds is 5. The van der Waals surface area contributed by atoms with Gasteiger partial charge in [0.25, 0.3) is 0 Å². The second-order valence-electron chi connectivity index (χ2n) is 7.99. The van der Waals surface area contributed by atoms with E-state index in [1.54, 1.807) is 6.92 Å². The van der Waals surface area contributed by atoms with Crippen LogP contribution in [0.15, 0.2) is 18.3 Å². The summed E-state index contributed by atoms with van der Waals surface area (Å²) in [6.45, 7) is 1.65. The van der Waals surface area contributed by atoms with Gasteiger partial charge in [0, 0.05) is 11.8 Å². The first kappa shape index (κ1) is 18.3. The van der Waals surface area contributed by atoms with Crippen LogP contribution in [0.3, 0.4) is 0 Å². The van der Waals surface area contributed by atoms with Gasteiger partial charge in [-0.3, -0.25) is 4.79 Å². The van der Waals surface area contributed by atoms with Gasteiger partial charge in [-0.2, -0.15) is 13.2 Å². The van der Waals surface area contributed by atoms with Crippen LogP contribution in [0.5, 0.6) is 0 Å². The number of hydrogen-bond donors (Lipinski definition) is 2. The number of hydrogen-bond acceptors (Lipinski definition) is 3. The molecule has 5 nitrogen and oxygen atoms in total. The Balaban J connectivity index is 1.66. The minimum absolute atomic E-state index is 0.0521. The standard InChI is InChI=1S/C19H22F3N3O2/c1-18(27,12-5-6-12)10-15(26)23-17-16(11-3-2-4-11)14-9-13(19(20,21)22)7-8-25(14)24-17/h7-9,11-12,27H,2-6,10H2,1H3,(H,23,24,26)/t18-/m1/s1. The second-order valence-corrected chi connectivity index (χ2v) is 7.99. The van der Waals surface area contributed by atoms with E-state index in [1.807, 2.05) is 0 Å². The quantitative estimate of drug-likeness (QED) is 0.819. The SMILES string of the molecule is C[C@@](O)(CC(=O)Nc1nn2ccc(C(F)(F)F)cc2c1C1CCC1)C1CC1. The van der Waals surface area contributed by atoms with Crippen LogP contribution < -0.4 is 5.32 Å². The topological polar surface area (TPSA) is 66.6 Å². The summed E-state index contributed by atoms with van der Waals surface area (Å²) < 4.78 is 40.7. The summed E-state index contributed by atoms with van der Waals surface area (Å²) in [4.78, 5) is 12.4. The highest BCUT2D eigenvalue weighted by atomic mass is 19.4. The van der Waals surface area contributed by atoms with Crippen LogP contribution in [-0.4, -0.2) is 26.2 Å². The molecule has 2 saturated carbocycles. The maximum Gasteiger partial charge on any atom is 0.416 e. The van der Waals surface area contributed by atoms with Gasteiger partial charge < -0.3 is 10.4 Å². The van der Waals surface area contributed by atoms with Gasteiger partial charge in [0.2, 0.25) is 5.91 Å². The minimum Gasteiger partial charge on any atom is -0.389 e. The lowest BCUT2D eigenvalue weighted by atomic mass is 9.80. The number of carbonyl (C=O) groups excluding carboxylic acids is 1. The Morgan fingerprint density at radius 1 is 1.33 bits per heavy atom. The van der Waals surface area contributed by atoms with Crippen molar-refractivity contribution >= 4 is 17.2 Å². The predicted molar refractivity (Wildman–Crippen MR) is 93.4 cm³/mol. The molecule has 1 amide bonds. The summed E-state index contributed by atoms with van der Waals surface area (Å²) in [5.74, 6) is 0.150. The van der Waals surface area contributed by atoms with E-state index in [9.17, 15) is 23.1 Å². The number of aliphatic hydroxyl groups is 1. The molecule has 4 rings (SSSR count). The number of nitrogens with zero attached hydrogens (tertiary/aromatic N) is 2. The number of nitrogens with one attached hydrogen (secondary N) is 1. The van der Waals surface area contributed by atoms with Crippen LogP contribution in [0.25, 0.3) is 5.52 Å². The van der Waals surface area contributed by atoms with Crippen molar-refractivity contribution in [1.82, 2.24) is 9.61 Å². The van der Waals surface area contributed by atoms with Gasteiger partial charge in [-0.25, -0.2) is 4.52 Å². The summed E-state index contributed by atoms with van der Waals surface area (Å²) >= 11 is 0. The summed E-state index contributed by atoms with van der Waals surface area (Å²) in [6.07, 6.45) is 1.32. The van der Waals surface area contributed by atoms with Gasteiger partial charge in [-0.1, -0.05) is 6.42 Å². The second kappa shape index (κ2) is 6.22. The summed E-state index contributed by atoms with van der Waals surface area (Å²) in [7, 11) is 0. The van der Waals surface area contributed by atoms with E-state index in [4.69, 9.17) is 0 Å². The molecule has 2 aliphatic rings. The van der Waals surface area contributed by atoms with Crippen LogP contribution in [0.4, 0.5) is 19.0 Å². The maximum absolute atomic E-state index is 13.1. The van der Waals surface area contributed by atoms with E-state index in [1.165, 1.54) is 10.7 Å². The zero-order chi connectivity index (χ0) is 19.4. The van der Waals surface area contributed by atoms with Gasteiger partial charge in [0.1, 0.15) is 0 Å². The number of alkyl halides is 3. The highest BCUT2D eigenvalue weighted by Gasteiger charge is 2.41. The van der Waals surface area contributed by atoms with E-state index >= 15 is 0 Å². The molecule has 0 aliphatic heterocycles. The number of carbonyl (C=O) groups is 1. The largest absolute Gasteiger partial charge is 0.416 e. The molecule has 0 bridgehead atoms. The Hall–Kier alpha value is -2.09. The molecule has 0 unspecified atom stereocenters. The first-order valence-electron chi connectivity index (χ1n) is 9.27.